The number of carbonyl (C=O) groups is 2. The van der Waals surface area contributed by atoms with Crippen LogP contribution < -0.4 is 10.1 Å². The number of amides is 1. The quantitative estimate of drug-likeness (QED) is 0.773. The van der Waals surface area contributed by atoms with Crippen LogP contribution in [0, 0.1) is 23.7 Å². The van der Waals surface area contributed by atoms with Crippen molar-refractivity contribution < 1.29 is 19.4 Å². The summed E-state index contributed by atoms with van der Waals surface area (Å²) in [5.74, 6) is -0.416. The van der Waals surface area contributed by atoms with Crippen LogP contribution in [0.5, 0.6) is 11.5 Å². The highest BCUT2D eigenvalue weighted by molar-refractivity contribution is 6.30. The van der Waals surface area contributed by atoms with Gasteiger partial charge in [0.25, 0.3) is 0 Å². The Bertz CT molecular complexity index is 849. The number of carboxylic acids is 1. The Hall–Kier alpha value is -2.53. The maximum atomic E-state index is 12.7. The van der Waals surface area contributed by atoms with Crippen molar-refractivity contribution in [1.29, 1.82) is 0 Å². The lowest BCUT2D eigenvalue weighted by atomic mass is 9.78. The van der Waals surface area contributed by atoms with Crippen molar-refractivity contribution in [2.24, 2.45) is 23.7 Å². The molecule has 2 bridgehead atoms. The van der Waals surface area contributed by atoms with Gasteiger partial charge in [0.05, 0.1) is 11.8 Å². The van der Waals surface area contributed by atoms with Gasteiger partial charge in [0, 0.05) is 10.7 Å². The van der Waals surface area contributed by atoms with Gasteiger partial charge in [-0.3, -0.25) is 9.59 Å². The van der Waals surface area contributed by atoms with Crippen LogP contribution in [0.3, 0.4) is 0 Å². The number of anilines is 1. The number of rotatable bonds is 5. The predicted octanol–water partition coefficient (Wildman–Crippen LogP) is 4.82. The lowest BCUT2D eigenvalue weighted by Crippen LogP contribution is -2.37. The van der Waals surface area contributed by atoms with Crippen LogP contribution in [0.15, 0.2) is 48.5 Å². The van der Waals surface area contributed by atoms with Crippen LogP contribution in [-0.4, -0.2) is 17.0 Å². The Morgan fingerprint density at radius 3 is 2.07 bits per heavy atom. The van der Waals surface area contributed by atoms with Gasteiger partial charge in [-0.05, 0) is 79.6 Å². The van der Waals surface area contributed by atoms with E-state index in [1.807, 2.05) is 0 Å². The molecule has 0 aliphatic heterocycles. The van der Waals surface area contributed by atoms with Crippen molar-refractivity contribution in [3.8, 4) is 11.5 Å². The number of benzene rings is 2. The Balaban J connectivity index is 1.41. The fourth-order valence-electron chi connectivity index (χ4n) is 4.49. The number of carboxylic acid groups (broad SMARTS) is 1. The summed E-state index contributed by atoms with van der Waals surface area (Å²) in [5, 5.41) is 13.0. The topological polar surface area (TPSA) is 75.6 Å². The van der Waals surface area contributed by atoms with Gasteiger partial charge in [0.15, 0.2) is 0 Å². The van der Waals surface area contributed by atoms with E-state index in [4.69, 9.17) is 16.3 Å². The molecule has 2 saturated carbocycles. The van der Waals surface area contributed by atoms with Gasteiger partial charge in [0.1, 0.15) is 11.5 Å². The van der Waals surface area contributed by atoms with Gasteiger partial charge >= 0.3 is 5.97 Å². The molecule has 2 aliphatic rings. The van der Waals surface area contributed by atoms with E-state index in [0.29, 0.717) is 22.2 Å². The highest BCUT2D eigenvalue weighted by atomic mass is 35.5. The van der Waals surface area contributed by atoms with Gasteiger partial charge in [0.2, 0.25) is 5.91 Å². The molecular weight excluding hydrogens is 366 g/mol. The number of aliphatic carboxylic acids is 1. The van der Waals surface area contributed by atoms with Gasteiger partial charge in [-0.2, -0.15) is 0 Å². The maximum Gasteiger partial charge on any atom is 0.307 e. The van der Waals surface area contributed by atoms with Crippen LogP contribution in [-0.2, 0) is 9.59 Å². The lowest BCUT2D eigenvalue weighted by molar-refractivity contribution is -0.148. The van der Waals surface area contributed by atoms with E-state index in [1.165, 1.54) is 0 Å². The first-order valence-corrected chi connectivity index (χ1v) is 9.46. The van der Waals surface area contributed by atoms with E-state index in [0.717, 1.165) is 19.3 Å². The molecule has 2 fully saturated rings. The molecule has 0 unspecified atom stereocenters. The molecule has 140 valence electrons. The third kappa shape index (κ3) is 3.65. The average Bonchev–Trinajstić information content (AvgIpc) is 3.26. The van der Waals surface area contributed by atoms with Crippen LogP contribution in [0.25, 0.3) is 0 Å². The van der Waals surface area contributed by atoms with E-state index in [-0.39, 0.29) is 17.7 Å². The largest absolute Gasteiger partial charge is 0.481 e. The molecule has 0 heterocycles. The zero-order chi connectivity index (χ0) is 19.0. The smallest absolute Gasteiger partial charge is 0.307 e. The average molecular weight is 386 g/mol. The molecule has 4 atom stereocenters. The molecule has 0 spiro atoms. The van der Waals surface area contributed by atoms with Crippen molar-refractivity contribution in [3.05, 3.63) is 53.6 Å². The number of hydrogen-bond acceptors (Lipinski definition) is 3. The second-order valence-corrected chi connectivity index (χ2v) is 7.73. The van der Waals surface area contributed by atoms with Gasteiger partial charge in [-0.15, -0.1) is 0 Å². The Morgan fingerprint density at radius 1 is 0.926 bits per heavy atom. The number of halogens is 1. The molecule has 2 N–H and O–H groups in total. The highest BCUT2D eigenvalue weighted by Crippen LogP contribution is 2.52. The number of fused-ring (bicyclic) bond motifs is 2. The van der Waals surface area contributed by atoms with E-state index < -0.39 is 17.8 Å². The highest BCUT2D eigenvalue weighted by Gasteiger charge is 2.53. The summed E-state index contributed by atoms with van der Waals surface area (Å²) >= 11 is 5.86. The third-order valence-corrected chi connectivity index (χ3v) is 5.93. The first-order valence-electron chi connectivity index (χ1n) is 9.08. The van der Waals surface area contributed by atoms with Crippen molar-refractivity contribution in [3.63, 3.8) is 0 Å². The minimum absolute atomic E-state index is 0.137. The van der Waals surface area contributed by atoms with E-state index in [1.54, 1.807) is 48.5 Å². The molecule has 2 aromatic rings. The minimum atomic E-state index is -0.853. The summed E-state index contributed by atoms with van der Waals surface area (Å²) in [6.07, 6.45) is 2.71. The monoisotopic (exact) mass is 385 g/mol. The number of ether oxygens (including phenoxy) is 1. The number of carbonyl (C=O) groups excluding carboxylic acids is 1. The maximum absolute atomic E-state index is 12.7. The number of nitrogens with one attached hydrogen (secondary N) is 1. The van der Waals surface area contributed by atoms with E-state index >= 15 is 0 Å². The molecule has 2 aliphatic carbocycles. The number of hydrogen-bond donors (Lipinski definition) is 2. The van der Waals surface area contributed by atoms with Gasteiger partial charge < -0.3 is 15.2 Å². The Kier molecular flexibility index (Phi) is 4.79. The molecule has 0 aromatic heterocycles. The van der Waals surface area contributed by atoms with Crippen molar-refractivity contribution >= 4 is 29.2 Å². The first-order chi connectivity index (χ1) is 13.0. The fraction of sp³-hybridized carbons (Fsp3) is 0.333. The van der Waals surface area contributed by atoms with Crippen LogP contribution in [0.1, 0.15) is 19.3 Å². The summed E-state index contributed by atoms with van der Waals surface area (Å²) in [6.45, 7) is 0. The van der Waals surface area contributed by atoms with Crippen LogP contribution in [0.4, 0.5) is 5.69 Å². The normalized spacial score (nSPS) is 26.0. The van der Waals surface area contributed by atoms with Crippen molar-refractivity contribution in [1.82, 2.24) is 0 Å². The lowest BCUT2D eigenvalue weighted by Gasteiger charge is -2.27. The van der Waals surface area contributed by atoms with E-state index in [2.05, 4.69) is 5.32 Å². The Morgan fingerprint density at radius 2 is 1.48 bits per heavy atom. The Labute approximate surface area is 162 Å². The zero-order valence-corrected chi connectivity index (χ0v) is 15.4. The summed E-state index contributed by atoms with van der Waals surface area (Å²) in [6, 6.07) is 14.1. The molecule has 27 heavy (non-hydrogen) atoms. The molecule has 1 amide bonds. The summed E-state index contributed by atoms with van der Waals surface area (Å²) < 4.78 is 5.73. The third-order valence-electron chi connectivity index (χ3n) is 5.68. The fourth-order valence-corrected chi connectivity index (χ4v) is 4.62. The minimum Gasteiger partial charge on any atom is -0.481 e. The predicted molar refractivity (Wildman–Crippen MR) is 102 cm³/mol. The molecule has 2 aromatic carbocycles. The van der Waals surface area contributed by atoms with Gasteiger partial charge in [-0.25, -0.2) is 0 Å². The first kappa shape index (κ1) is 17.9. The summed E-state index contributed by atoms with van der Waals surface area (Å²) in [7, 11) is 0. The zero-order valence-electron chi connectivity index (χ0n) is 14.6. The van der Waals surface area contributed by atoms with Gasteiger partial charge in [-0.1, -0.05) is 11.6 Å². The molecule has 6 heteroatoms. The molecular formula is C21H20ClNO4. The van der Waals surface area contributed by atoms with Crippen LogP contribution >= 0.6 is 11.6 Å². The SMILES string of the molecule is O=C(O)[C@@H]1[C@H]2CC[C@@H](C2)[C@@H]1C(=O)Nc1ccc(Oc2ccc(Cl)cc2)cc1. The standard InChI is InChI=1S/C21H20ClNO4/c22-14-3-7-16(8-4-14)27-17-9-5-15(6-10-17)23-20(24)18-12-1-2-13(11-12)19(18)21(25)26/h3-10,12-13,18-19H,1-2,11H2,(H,23,24)(H,25,26)/t12-,13-,18-,19+/m0/s1. The second-order valence-electron chi connectivity index (χ2n) is 7.29. The molecule has 4 rings (SSSR count). The second kappa shape index (κ2) is 7.24. The molecule has 5 nitrogen and oxygen atoms in total. The summed E-state index contributed by atoms with van der Waals surface area (Å²) in [5.41, 5.74) is 0.635. The summed E-state index contributed by atoms with van der Waals surface area (Å²) in [4.78, 5) is 24.3. The van der Waals surface area contributed by atoms with E-state index in [9.17, 15) is 14.7 Å². The van der Waals surface area contributed by atoms with Crippen molar-refractivity contribution in [2.45, 2.75) is 19.3 Å². The molecule has 0 saturated heterocycles. The van der Waals surface area contributed by atoms with Crippen LogP contribution in [0.2, 0.25) is 5.02 Å². The van der Waals surface area contributed by atoms with Crippen molar-refractivity contribution in [2.75, 3.05) is 5.32 Å². The molecule has 0 radical (unpaired) electrons.